The van der Waals surface area contributed by atoms with Crippen LogP contribution in [0.4, 0.5) is 8.78 Å². The summed E-state index contributed by atoms with van der Waals surface area (Å²) in [5, 5.41) is 8.39. The van der Waals surface area contributed by atoms with Gasteiger partial charge in [-0.15, -0.1) is 0 Å². The Morgan fingerprint density at radius 1 is 1.33 bits per heavy atom. The highest BCUT2D eigenvalue weighted by Gasteiger charge is 2.22. The largest absolute Gasteiger partial charge is 0.396 e. The SMILES string of the molecule is CC(C)C(CO)C(F)F. The van der Waals surface area contributed by atoms with Crippen LogP contribution in [0.5, 0.6) is 0 Å². The fourth-order valence-electron chi connectivity index (χ4n) is 0.581. The van der Waals surface area contributed by atoms with E-state index in [1.807, 2.05) is 0 Å². The summed E-state index contributed by atoms with van der Waals surface area (Å²) in [6.45, 7) is 2.93. The summed E-state index contributed by atoms with van der Waals surface area (Å²) in [5.41, 5.74) is 0. The van der Waals surface area contributed by atoms with Crippen molar-refractivity contribution in [3.63, 3.8) is 0 Å². The summed E-state index contributed by atoms with van der Waals surface area (Å²) in [4.78, 5) is 0. The van der Waals surface area contributed by atoms with Crippen LogP contribution in [0, 0.1) is 11.8 Å². The minimum atomic E-state index is -2.39. The molecule has 1 unspecified atom stereocenters. The molecule has 3 heteroatoms. The van der Waals surface area contributed by atoms with Crippen molar-refractivity contribution in [1.82, 2.24) is 0 Å². The zero-order chi connectivity index (χ0) is 7.44. The van der Waals surface area contributed by atoms with Crippen LogP contribution in [0.3, 0.4) is 0 Å². The van der Waals surface area contributed by atoms with Crippen LogP contribution < -0.4 is 0 Å². The normalized spacial score (nSPS) is 15.0. The highest BCUT2D eigenvalue weighted by Crippen LogP contribution is 2.17. The molecular weight excluding hydrogens is 126 g/mol. The van der Waals surface area contributed by atoms with E-state index in [2.05, 4.69) is 0 Å². The maximum atomic E-state index is 11.8. The number of hydrogen-bond donors (Lipinski definition) is 1. The lowest BCUT2D eigenvalue weighted by atomic mass is 9.98. The molecule has 0 aromatic carbocycles. The van der Waals surface area contributed by atoms with Crippen LogP contribution in [0.1, 0.15) is 13.8 Å². The highest BCUT2D eigenvalue weighted by atomic mass is 19.3. The Kier molecular flexibility index (Phi) is 3.70. The number of alkyl halides is 2. The van der Waals surface area contributed by atoms with Gasteiger partial charge in [0.2, 0.25) is 6.43 Å². The smallest absolute Gasteiger partial charge is 0.243 e. The van der Waals surface area contributed by atoms with E-state index in [0.29, 0.717) is 0 Å². The van der Waals surface area contributed by atoms with Gasteiger partial charge >= 0.3 is 0 Å². The second kappa shape index (κ2) is 3.77. The van der Waals surface area contributed by atoms with Gasteiger partial charge in [-0.3, -0.25) is 0 Å². The van der Waals surface area contributed by atoms with Crippen LogP contribution in [0.15, 0.2) is 0 Å². The van der Waals surface area contributed by atoms with Crippen LogP contribution in [0.2, 0.25) is 0 Å². The summed E-state index contributed by atoms with van der Waals surface area (Å²) in [7, 11) is 0. The van der Waals surface area contributed by atoms with Crippen molar-refractivity contribution in [2.75, 3.05) is 6.61 Å². The molecule has 0 rings (SSSR count). The van der Waals surface area contributed by atoms with Crippen LogP contribution in [0.25, 0.3) is 0 Å². The molecule has 0 radical (unpaired) electrons. The fourth-order valence-corrected chi connectivity index (χ4v) is 0.581. The third-order valence-electron chi connectivity index (χ3n) is 1.39. The second-order valence-corrected chi connectivity index (χ2v) is 2.42. The molecule has 0 aliphatic rings. The van der Waals surface area contributed by atoms with Crippen molar-refractivity contribution >= 4 is 0 Å². The third kappa shape index (κ3) is 2.75. The van der Waals surface area contributed by atoms with E-state index in [1.165, 1.54) is 0 Å². The fraction of sp³-hybridized carbons (Fsp3) is 1.00. The first-order valence-electron chi connectivity index (χ1n) is 2.98. The third-order valence-corrected chi connectivity index (χ3v) is 1.39. The molecule has 0 aliphatic heterocycles. The first-order valence-corrected chi connectivity index (χ1v) is 2.98. The van der Waals surface area contributed by atoms with E-state index in [9.17, 15) is 8.78 Å². The summed E-state index contributed by atoms with van der Waals surface area (Å²) < 4.78 is 23.6. The lowest BCUT2D eigenvalue weighted by Gasteiger charge is -2.15. The van der Waals surface area contributed by atoms with Crippen molar-refractivity contribution in [1.29, 1.82) is 0 Å². The van der Waals surface area contributed by atoms with Crippen LogP contribution in [-0.4, -0.2) is 18.1 Å². The van der Waals surface area contributed by atoms with E-state index in [0.717, 1.165) is 0 Å². The van der Waals surface area contributed by atoms with Gasteiger partial charge in [-0.2, -0.15) is 0 Å². The number of aliphatic hydroxyl groups is 1. The molecule has 0 aromatic rings. The van der Waals surface area contributed by atoms with Crippen molar-refractivity contribution in [3.05, 3.63) is 0 Å². The van der Waals surface area contributed by atoms with Gasteiger partial charge in [-0.25, -0.2) is 8.78 Å². The molecule has 0 saturated heterocycles. The monoisotopic (exact) mass is 138 g/mol. The van der Waals surface area contributed by atoms with E-state index in [1.54, 1.807) is 13.8 Å². The minimum absolute atomic E-state index is 0.144. The highest BCUT2D eigenvalue weighted by molar-refractivity contribution is 4.62. The molecule has 56 valence electrons. The Hall–Kier alpha value is -0.180. The van der Waals surface area contributed by atoms with Gasteiger partial charge in [0.1, 0.15) is 0 Å². The zero-order valence-electron chi connectivity index (χ0n) is 5.64. The van der Waals surface area contributed by atoms with Gasteiger partial charge in [0.15, 0.2) is 0 Å². The molecule has 0 saturated carbocycles. The predicted octanol–water partition coefficient (Wildman–Crippen LogP) is 1.52. The average Bonchev–Trinajstić information content (AvgIpc) is 1.64. The molecule has 0 heterocycles. The molecule has 0 fully saturated rings. The molecule has 1 atom stereocenters. The number of hydrogen-bond acceptors (Lipinski definition) is 1. The zero-order valence-corrected chi connectivity index (χ0v) is 5.64. The number of halogens is 2. The van der Waals surface area contributed by atoms with Gasteiger partial charge in [0, 0.05) is 5.92 Å². The van der Waals surface area contributed by atoms with E-state index in [-0.39, 0.29) is 5.92 Å². The molecule has 1 nitrogen and oxygen atoms in total. The molecule has 0 bridgehead atoms. The Morgan fingerprint density at radius 3 is 1.78 bits per heavy atom. The van der Waals surface area contributed by atoms with Crippen molar-refractivity contribution in [2.24, 2.45) is 11.8 Å². The van der Waals surface area contributed by atoms with Gasteiger partial charge in [0.25, 0.3) is 0 Å². The maximum Gasteiger partial charge on any atom is 0.243 e. The molecule has 9 heavy (non-hydrogen) atoms. The number of rotatable bonds is 3. The molecule has 0 aromatic heterocycles. The van der Waals surface area contributed by atoms with Crippen LogP contribution in [-0.2, 0) is 0 Å². The topological polar surface area (TPSA) is 20.2 Å². The minimum Gasteiger partial charge on any atom is -0.396 e. The molecule has 0 amide bonds. The standard InChI is InChI=1S/C6H12F2O/c1-4(2)5(3-9)6(7)8/h4-6,9H,3H2,1-2H3. The Labute approximate surface area is 53.7 Å². The molecule has 0 spiro atoms. The maximum absolute atomic E-state index is 11.8. The summed E-state index contributed by atoms with van der Waals surface area (Å²) in [6, 6.07) is 0. The van der Waals surface area contributed by atoms with Crippen molar-refractivity contribution < 1.29 is 13.9 Å². The Morgan fingerprint density at radius 2 is 1.78 bits per heavy atom. The van der Waals surface area contributed by atoms with Crippen molar-refractivity contribution in [2.45, 2.75) is 20.3 Å². The quantitative estimate of drug-likeness (QED) is 0.626. The van der Waals surface area contributed by atoms with Crippen LogP contribution >= 0.6 is 0 Å². The number of aliphatic hydroxyl groups excluding tert-OH is 1. The van der Waals surface area contributed by atoms with Gasteiger partial charge in [-0.1, -0.05) is 13.8 Å². The Balaban J connectivity index is 3.68. The van der Waals surface area contributed by atoms with Gasteiger partial charge in [-0.05, 0) is 5.92 Å². The van der Waals surface area contributed by atoms with Gasteiger partial charge < -0.3 is 5.11 Å². The predicted molar refractivity (Wildman–Crippen MR) is 31.4 cm³/mol. The second-order valence-electron chi connectivity index (χ2n) is 2.42. The molecular formula is C6H12F2O. The van der Waals surface area contributed by atoms with E-state index < -0.39 is 19.0 Å². The summed E-state index contributed by atoms with van der Waals surface area (Å²) >= 11 is 0. The lowest BCUT2D eigenvalue weighted by Crippen LogP contribution is -2.21. The first-order chi connectivity index (χ1) is 4.09. The summed E-state index contributed by atoms with van der Waals surface area (Å²) in [6.07, 6.45) is -2.39. The van der Waals surface area contributed by atoms with Gasteiger partial charge in [0.05, 0.1) is 6.61 Å². The average molecular weight is 138 g/mol. The molecule has 1 N–H and O–H groups in total. The molecule has 0 aliphatic carbocycles. The van der Waals surface area contributed by atoms with E-state index in [4.69, 9.17) is 5.11 Å². The Bertz CT molecular complexity index is 65.5. The van der Waals surface area contributed by atoms with E-state index >= 15 is 0 Å². The van der Waals surface area contributed by atoms with Crippen molar-refractivity contribution in [3.8, 4) is 0 Å². The summed E-state index contributed by atoms with van der Waals surface area (Å²) in [5.74, 6) is -1.00. The lowest BCUT2D eigenvalue weighted by molar-refractivity contribution is 0.0172. The first kappa shape index (κ1) is 8.82.